The monoisotopic (exact) mass is 327 g/mol. The van der Waals surface area contributed by atoms with Crippen LogP contribution in [0.25, 0.3) is 0 Å². The van der Waals surface area contributed by atoms with Crippen LogP contribution in [0, 0.1) is 5.92 Å². The van der Waals surface area contributed by atoms with Crippen LogP contribution in [0.4, 0.5) is 0 Å². The van der Waals surface area contributed by atoms with Crippen LogP contribution in [0.3, 0.4) is 0 Å². The highest BCUT2D eigenvalue weighted by Crippen LogP contribution is 2.36. The van der Waals surface area contributed by atoms with Gasteiger partial charge in [-0.3, -0.25) is 18.8 Å². The van der Waals surface area contributed by atoms with E-state index in [2.05, 4.69) is 24.0 Å². The van der Waals surface area contributed by atoms with E-state index in [1.807, 2.05) is 18.2 Å². The Kier molecular flexibility index (Phi) is 4.71. The summed E-state index contributed by atoms with van der Waals surface area (Å²) in [7, 11) is 3.25. The van der Waals surface area contributed by atoms with Gasteiger partial charge in [-0.1, -0.05) is 30.3 Å². The molecule has 0 spiro atoms. The van der Waals surface area contributed by atoms with Gasteiger partial charge in [0.1, 0.15) is 0 Å². The van der Waals surface area contributed by atoms with Crippen molar-refractivity contribution in [2.75, 3.05) is 0 Å². The lowest BCUT2D eigenvalue weighted by Crippen LogP contribution is -2.41. The molecule has 0 N–H and O–H groups in total. The van der Waals surface area contributed by atoms with Crippen LogP contribution in [0.2, 0.25) is 0 Å². The van der Waals surface area contributed by atoms with Crippen LogP contribution in [0.15, 0.2) is 46.0 Å². The maximum absolute atomic E-state index is 12.2. The van der Waals surface area contributed by atoms with E-state index in [-0.39, 0.29) is 11.2 Å². The maximum Gasteiger partial charge on any atom is 0.330 e. The zero-order valence-electron chi connectivity index (χ0n) is 14.6. The third-order valence-corrected chi connectivity index (χ3v) is 5.10. The summed E-state index contributed by atoms with van der Waals surface area (Å²) in [5, 5.41) is 0. The van der Waals surface area contributed by atoms with Crippen LogP contribution in [0.1, 0.15) is 31.0 Å². The van der Waals surface area contributed by atoms with Crippen LogP contribution in [0.5, 0.6) is 0 Å². The van der Waals surface area contributed by atoms with E-state index in [4.69, 9.17) is 0 Å². The van der Waals surface area contributed by atoms with Crippen molar-refractivity contribution in [2.45, 2.75) is 38.9 Å². The average molecular weight is 327 g/mol. The second-order valence-electron chi connectivity index (χ2n) is 6.84. The second-order valence-corrected chi connectivity index (χ2v) is 6.84. The van der Waals surface area contributed by atoms with Gasteiger partial charge in [-0.2, -0.15) is 0 Å². The zero-order valence-corrected chi connectivity index (χ0v) is 14.6. The molecule has 5 heteroatoms. The smallest absolute Gasteiger partial charge is 0.299 e. The molecular formula is C19H25N3O2. The summed E-state index contributed by atoms with van der Waals surface area (Å²) in [4.78, 5) is 26.5. The molecule has 1 aromatic carbocycles. The summed E-state index contributed by atoms with van der Waals surface area (Å²) in [5.41, 5.74) is 1.51. The first-order valence-corrected chi connectivity index (χ1v) is 8.51. The number of aromatic nitrogens is 2. The lowest BCUT2D eigenvalue weighted by atomic mass is 10.1. The summed E-state index contributed by atoms with van der Waals surface area (Å²) < 4.78 is 2.73. The Morgan fingerprint density at radius 3 is 2.38 bits per heavy atom. The first-order chi connectivity index (χ1) is 11.5. The van der Waals surface area contributed by atoms with Gasteiger partial charge in [0.15, 0.2) is 0 Å². The summed E-state index contributed by atoms with van der Waals surface area (Å²) in [6.07, 6.45) is 2.53. The second kappa shape index (κ2) is 6.77. The Hall–Kier alpha value is -2.14. The zero-order chi connectivity index (χ0) is 17.3. The lowest BCUT2D eigenvalue weighted by Gasteiger charge is -2.30. The molecule has 1 saturated carbocycles. The van der Waals surface area contributed by atoms with Crippen molar-refractivity contribution < 1.29 is 0 Å². The minimum absolute atomic E-state index is 0.244. The highest BCUT2D eigenvalue weighted by atomic mass is 16.2. The van der Waals surface area contributed by atoms with Gasteiger partial charge in [0.2, 0.25) is 0 Å². The molecule has 0 saturated heterocycles. The standard InChI is InChI=1S/C19H25N3O2/c1-14(16-9-10-16)22(12-15-7-5-4-6-8-15)13-17-11-18(23)21(3)19(24)20(17)2/h4-8,11,14,16H,9-10,12-13H2,1-3H3/t14-/m0/s1. The number of hydrogen-bond donors (Lipinski definition) is 0. The number of nitrogens with zero attached hydrogens (tertiary/aromatic N) is 3. The molecule has 1 aliphatic rings. The number of benzene rings is 1. The van der Waals surface area contributed by atoms with Crippen molar-refractivity contribution >= 4 is 0 Å². The van der Waals surface area contributed by atoms with Gasteiger partial charge in [0, 0.05) is 45.0 Å². The maximum atomic E-state index is 12.2. The molecule has 3 rings (SSSR count). The fraction of sp³-hybridized carbons (Fsp3) is 0.474. The summed E-state index contributed by atoms with van der Waals surface area (Å²) in [6, 6.07) is 12.4. The van der Waals surface area contributed by atoms with E-state index in [1.165, 1.54) is 25.5 Å². The molecule has 0 amide bonds. The van der Waals surface area contributed by atoms with Gasteiger partial charge in [0.05, 0.1) is 0 Å². The molecule has 1 heterocycles. The van der Waals surface area contributed by atoms with E-state index in [0.717, 1.165) is 22.7 Å². The number of rotatable bonds is 6. The van der Waals surface area contributed by atoms with Crippen molar-refractivity contribution in [1.29, 1.82) is 0 Å². The summed E-state index contributed by atoms with van der Waals surface area (Å²) >= 11 is 0. The first-order valence-electron chi connectivity index (χ1n) is 8.51. The van der Waals surface area contributed by atoms with Gasteiger partial charge in [-0.05, 0) is 31.2 Å². The highest BCUT2D eigenvalue weighted by molar-refractivity contribution is 5.15. The van der Waals surface area contributed by atoms with E-state index in [0.29, 0.717) is 12.6 Å². The molecule has 0 radical (unpaired) electrons. The van der Waals surface area contributed by atoms with Crippen molar-refractivity contribution in [3.05, 3.63) is 68.5 Å². The van der Waals surface area contributed by atoms with E-state index >= 15 is 0 Å². The Bertz CT molecular complexity index is 819. The average Bonchev–Trinajstić information content (AvgIpc) is 3.42. The Morgan fingerprint density at radius 1 is 1.08 bits per heavy atom. The minimum Gasteiger partial charge on any atom is -0.299 e. The van der Waals surface area contributed by atoms with Gasteiger partial charge in [0.25, 0.3) is 5.56 Å². The van der Waals surface area contributed by atoms with Gasteiger partial charge in [-0.25, -0.2) is 4.79 Å². The van der Waals surface area contributed by atoms with Crippen LogP contribution < -0.4 is 11.2 Å². The van der Waals surface area contributed by atoms with Gasteiger partial charge >= 0.3 is 5.69 Å². The molecule has 24 heavy (non-hydrogen) atoms. The molecule has 2 aromatic rings. The van der Waals surface area contributed by atoms with Crippen molar-refractivity contribution in [3.8, 4) is 0 Å². The highest BCUT2D eigenvalue weighted by Gasteiger charge is 2.32. The summed E-state index contributed by atoms with van der Waals surface area (Å²) in [6.45, 7) is 3.68. The normalized spacial score (nSPS) is 15.7. The third kappa shape index (κ3) is 3.51. The molecule has 128 valence electrons. The van der Waals surface area contributed by atoms with E-state index in [9.17, 15) is 9.59 Å². The number of hydrogen-bond acceptors (Lipinski definition) is 3. The Morgan fingerprint density at radius 2 is 1.75 bits per heavy atom. The van der Waals surface area contributed by atoms with Crippen LogP contribution in [-0.2, 0) is 27.2 Å². The molecule has 0 unspecified atom stereocenters. The van der Waals surface area contributed by atoms with Crippen molar-refractivity contribution in [1.82, 2.24) is 14.0 Å². The fourth-order valence-corrected chi connectivity index (χ4v) is 3.18. The Balaban J connectivity index is 1.89. The Labute approximate surface area is 142 Å². The molecule has 1 aromatic heterocycles. The molecule has 0 aliphatic heterocycles. The van der Waals surface area contributed by atoms with Crippen molar-refractivity contribution in [2.24, 2.45) is 20.0 Å². The van der Waals surface area contributed by atoms with E-state index < -0.39 is 0 Å². The molecule has 1 atom stereocenters. The van der Waals surface area contributed by atoms with Gasteiger partial charge in [-0.15, -0.1) is 0 Å². The summed E-state index contributed by atoms with van der Waals surface area (Å²) in [5.74, 6) is 0.720. The predicted octanol–water partition coefficient (Wildman–Crippen LogP) is 1.88. The van der Waals surface area contributed by atoms with Crippen LogP contribution >= 0.6 is 0 Å². The molecule has 1 fully saturated rings. The molecule has 5 nitrogen and oxygen atoms in total. The quantitative estimate of drug-likeness (QED) is 0.814. The topological polar surface area (TPSA) is 47.2 Å². The fourth-order valence-electron chi connectivity index (χ4n) is 3.18. The largest absolute Gasteiger partial charge is 0.330 e. The molecule has 1 aliphatic carbocycles. The van der Waals surface area contributed by atoms with Crippen molar-refractivity contribution in [3.63, 3.8) is 0 Å². The third-order valence-electron chi connectivity index (χ3n) is 5.10. The minimum atomic E-state index is -0.267. The predicted molar refractivity (Wildman–Crippen MR) is 94.8 cm³/mol. The molecule has 0 bridgehead atoms. The first kappa shape index (κ1) is 16.7. The SMILES string of the molecule is C[C@@H](C1CC1)N(Cc1ccccc1)Cc1cc(=O)n(C)c(=O)n1C. The van der Waals surface area contributed by atoms with Gasteiger partial charge < -0.3 is 0 Å². The van der Waals surface area contributed by atoms with E-state index in [1.54, 1.807) is 17.7 Å². The molecular weight excluding hydrogens is 302 g/mol. The van der Waals surface area contributed by atoms with Crippen LogP contribution in [-0.4, -0.2) is 20.1 Å². The lowest BCUT2D eigenvalue weighted by molar-refractivity contribution is 0.167.